The molecule has 4 aromatic rings. The third-order valence-electron chi connectivity index (χ3n) is 4.50. The highest BCUT2D eigenvalue weighted by molar-refractivity contribution is 6.30. The predicted octanol–water partition coefficient (Wildman–Crippen LogP) is 2.55. The second-order valence-corrected chi connectivity index (χ2v) is 6.68. The maximum atomic E-state index is 12.7. The minimum absolute atomic E-state index is 0.121. The summed E-state index contributed by atoms with van der Waals surface area (Å²) in [6, 6.07) is 11.8. The zero-order chi connectivity index (χ0) is 21.4. The average Bonchev–Trinajstić information content (AvgIpc) is 3.08. The number of nitrogens with one attached hydrogen (secondary N) is 1. The zero-order valence-electron chi connectivity index (χ0n) is 16.0. The first-order valence-corrected chi connectivity index (χ1v) is 9.12. The fourth-order valence-electron chi connectivity index (χ4n) is 3.18. The summed E-state index contributed by atoms with van der Waals surface area (Å²) in [4.78, 5) is 36.2. The average molecular weight is 426 g/mol. The van der Waals surface area contributed by atoms with Gasteiger partial charge in [-0.15, -0.1) is 0 Å². The van der Waals surface area contributed by atoms with E-state index in [1.807, 2.05) is 0 Å². The van der Waals surface area contributed by atoms with Gasteiger partial charge >= 0.3 is 5.69 Å². The monoisotopic (exact) mass is 425 g/mol. The predicted molar refractivity (Wildman–Crippen MR) is 112 cm³/mol. The zero-order valence-corrected chi connectivity index (χ0v) is 16.7. The molecule has 0 saturated carbocycles. The number of H-pyrrole nitrogens is 1. The van der Waals surface area contributed by atoms with Gasteiger partial charge < -0.3 is 20.2 Å². The number of aromatic amines is 1. The Labute approximate surface area is 175 Å². The molecule has 30 heavy (non-hydrogen) atoms. The van der Waals surface area contributed by atoms with Gasteiger partial charge in [-0.1, -0.05) is 17.7 Å². The van der Waals surface area contributed by atoms with Crippen LogP contribution in [0.3, 0.4) is 0 Å². The molecule has 0 atom stereocenters. The Kier molecular flexibility index (Phi) is 4.88. The number of para-hydroxylation sites is 1. The number of imidazole rings is 1. The van der Waals surface area contributed by atoms with E-state index in [2.05, 4.69) is 15.0 Å². The van der Waals surface area contributed by atoms with Crippen molar-refractivity contribution < 1.29 is 14.3 Å². The molecule has 2 aromatic carbocycles. The van der Waals surface area contributed by atoms with Crippen molar-refractivity contribution in [2.45, 2.75) is 0 Å². The van der Waals surface area contributed by atoms with E-state index >= 15 is 0 Å². The number of fused-ring (bicyclic) bond motifs is 1. The van der Waals surface area contributed by atoms with E-state index in [1.165, 1.54) is 18.8 Å². The number of aromatic nitrogens is 4. The molecule has 3 N–H and O–H groups in total. The summed E-state index contributed by atoms with van der Waals surface area (Å²) in [5.74, 6) is 0.179. The number of nitrogens with two attached hydrogens (primary N) is 1. The highest BCUT2D eigenvalue weighted by atomic mass is 35.5. The number of hydrogen-bond acceptors (Lipinski definition) is 6. The molecular weight excluding hydrogens is 410 g/mol. The van der Waals surface area contributed by atoms with Crippen LogP contribution in [0.1, 0.15) is 10.5 Å². The largest absolute Gasteiger partial charge is 0.493 e. The molecule has 0 saturated heterocycles. The molecule has 0 fully saturated rings. The van der Waals surface area contributed by atoms with Crippen molar-refractivity contribution in [1.29, 1.82) is 0 Å². The van der Waals surface area contributed by atoms with Crippen LogP contribution in [0.15, 0.2) is 47.3 Å². The second kappa shape index (κ2) is 7.53. The van der Waals surface area contributed by atoms with Crippen molar-refractivity contribution in [2.24, 2.45) is 5.73 Å². The van der Waals surface area contributed by atoms with Gasteiger partial charge in [0.15, 0.2) is 28.7 Å². The summed E-state index contributed by atoms with van der Waals surface area (Å²) in [6.45, 7) is 0. The number of nitrogens with zero attached hydrogens (tertiary/aromatic N) is 3. The number of amides is 1. The maximum Gasteiger partial charge on any atom is 0.332 e. The Morgan fingerprint density at radius 1 is 1.10 bits per heavy atom. The lowest BCUT2D eigenvalue weighted by molar-refractivity contribution is 0.0997. The molecule has 0 aliphatic rings. The number of hydrogen-bond donors (Lipinski definition) is 2. The smallest absolute Gasteiger partial charge is 0.332 e. The first-order valence-electron chi connectivity index (χ1n) is 8.74. The highest BCUT2D eigenvalue weighted by Crippen LogP contribution is 2.37. The minimum atomic E-state index is -0.810. The number of primary amides is 1. The molecule has 0 spiro atoms. The summed E-state index contributed by atoms with van der Waals surface area (Å²) in [5, 5.41) is 0.515. The summed E-state index contributed by atoms with van der Waals surface area (Å²) in [6.07, 6.45) is 0. The Balaban J connectivity index is 2.07. The van der Waals surface area contributed by atoms with Gasteiger partial charge in [0, 0.05) is 5.02 Å². The standard InChI is InChI=1S/C20H16ClN5O4/c1-29-13-5-3-4-12(16(13)30-2)18-23-14(17(22)27)15-19(25-18)26(20(28)24-15)11-8-6-10(21)7-9-11/h3-9H,1-2H3,(H2,22,27)(H,24,28). The fraction of sp³-hybridized carbons (Fsp3) is 0.100. The summed E-state index contributed by atoms with van der Waals surface area (Å²) in [5.41, 5.74) is 6.21. The number of benzene rings is 2. The summed E-state index contributed by atoms with van der Waals surface area (Å²) in [7, 11) is 2.99. The van der Waals surface area contributed by atoms with Crippen LogP contribution in [-0.2, 0) is 0 Å². The van der Waals surface area contributed by atoms with Crippen LogP contribution in [0.25, 0.3) is 28.2 Å². The van der Waals surface area contributed by atoms with E-state index in [0.717, 1.165) is 0 Å². The van der Waals surface area contributed by atoms with Gasteiger partial charge in [0.2, 0.25) is 0 Å². The molecular formula is C20H16ClN5O4. The third kappa shape index (κ3) is 3.15. The van der Waals surface area contributed by atoms with E-state index in [4.69, 9.17) is 26.8 Å². The normalized spacial score (nSPS) is 10.9. The minimum Gasteiger partial charge on any atom is -0.493 e. The number of carbonyl (C=O) groups is 1. The molecule has 152 valence electrons. The summed E-state index contributed by atoms with van der Waals surface area (Å²) < 4.78 is 12.1. The van der Waals surface area contributed by atoms with Crippen molar-refractivity contribution >= 4 is 28.7 Å². The van der Waals surface area contributed by atoms with Gasteiger partial charge in [-0.2, -0.15) is 0 Å². The van der Waals surface area contributed by atoms with Crippen molar-refractivity contribution in [1.82, 2.24) is 19.5 Å². The fourth-order valence-corrected chi connectivity index (χ4v) is 3.30. The molecule has 1 amide bonds. The molecule has 2 aromatic heterocycles. The number of carbonyl (C=O) groups excluding carboxylic acids is 1. The van der Waals surface area contributed by atoms with Crippen molar-refractivity contribution in [3.63, 3.8) is 0 Å². The highest BCUT2D eigenvalue weighted by Gasteiger charge is 2.22. The molecule has 10 heteroatoms. The number of ether oxygens (including phenoxy) is 2. The van der Waals surface area contributed by atoms with E-state index < -0.39 is 11.6 Å². The van der Waals surface area contributed by atoms with Gasteiger partial charge in [0.1, 0.15) is 5.52 Å². The number of rotatable bonds is 5. The van der Waals surface area contributed by atoms with Gasteiger partial charge in [-0.25, -0.2) is 19.3 Å². The van der Waals surface area contributed by atoms with Gasteiger partial charge in [-0.05, 0) is 36.4 Å². The van der Waals surface area contributed by atoms with Crippen LogP contribution in [0.4, 0.5) is 0 Å². The second-order valence-electron chi connectivity index (χ2n) is 6.24. The lowest BCUT2D eigenvalue weighted by atomic mass is 10.1. The van der Waals surface area contributed by atoms with Crippen LogP contribution in [0, 0.1) is 0 Å². The first-order chi connectivity index (χ1) is 14.4. The van der Waals surface area contributed by atoms with E-state index in [0.29, 0.717) is 27.8 Å². The maximum absolute atomic E-state index is 12.7. The topological polar surface area (TPSA) is 125 Å². The molecule has 4 rings (SSSR count). The van der Waals surface area contributed by atoms with Crippen LogP contribution in [0.2, 0.25) is 5.02 Å². The van der Waals surface area contributed by atoms with Crippen molar-refractivity contribution in [2.75, 3.05) is 14.2 Å². The molecule has 9 nitrogen and oxygen atoms in total. The van der Waals surface area contributed by atoms with Crippen LogP contribution >= 0.6 is 11.6 Å². The molecule has 0 aliphatic carbocycles. The first kappa shape index (κ1) is 19.5. The quantitative estimate of drug-likeness (QED) is 0.506. The van der Waals surface area contributed by atoms with Gasteiger partial charge in [0.05, 0.1) is 25.5 Å². The molecule has 0 radical (unpaired) electrons. The Morgan fingerprint density at radius 3 is 2.47 bits per heavy atom. The van der Waals surface area contributed by atoms with Crippen LogP contribution < -0.4 is 20.9 Å². The number of halogens is 1. The van der Waals surface area contributed by atoms with Crippen LogP contribution in [0.5, 0.6) is 11.5 Å². The van der Waals surface area contributed by atoms with Crippen LogP contribution in [-0.4, -0.2) is 39.6 Å². The SMILES string of the molecule is COc1cccc(-c2nc(C(N)=O)c3[nH]c(=O)n(-c4ccc(Cl)cc4)c3n2)c1OC. The Hall–Kier alpha value is -3.85. The number of methoxy groups -OCH3 is 2. The van der Waals surface area contributed by atoms with Gasteiger partial charge in [-0.3, -0.25) is 4.79 Å². The Bertz CT molecular complexity index is 1330. The van der Waals surface area contributed by atoms with E-state index in [-0.39, 0.29) is 22.7 Å². The molecule has 0 unspecified atom stereocenters. The Morgan fingerprint density at radius 2 is 1.83 bits per heavy atom. The molecule has 0 aliphatic heterocycles. The lowest BCUT2D eigenvalue weighted by Gasteiger charge is -2.12. The lowest BCUT2D eigenvalue weighted by Crippen LogP contribution is -2.15. The molecule has 0 bridgehead atoms. The summed E-state index contributed by atoms with van der Waals surface area (Å²) >= 11 is 5.96. The van der Waals surface area contributed by atoms with Gasteiger partial charge in [0.25, 0.3) is 5.91 Å². The van der Waals surface area contributed by atoms with E-state index in [9.17, 15) is 9.59 Å². The van der Waals surface area contributed by atoms with Crippen molar-refractivity contribution in [3.8, 4) is 28.6 Å². The van der Waals surface area contributed by atoms with E-state index in [1.54, 1.807) is 42.5 Å². The third-order valence-corrected chi connectivity index (χ3v) is 4.75. The van der Waals surface area contributed by atoms with Crippen molar-refractivity contribution in [3.05, 3.63) is 63.7 Å². The molecule has 2 heterocycles.